The van der Waals surface area contributed by atoms with E-state index in [2.05, 4.69) is 62.5 Å². The van der Waals surface area contributed by atoms with Crippen molar-refractivity contribution < 1.29 is 58.8 Å². The molecule has 0 saturated carbocycles. The van der Waals surface area contributed by atoms with Crippen molar-refractivity contribution in [1.29, 1.82) is 0 Å². The molecule has 4 fully saturated rings. The summed E-state index contributed by atoms with van der Waals surface area (Å²) in [7, 11) is 0. The summed E-state index contributed by atoms with van der Waals surface area (Å²) in [6.07, 6.45) is -1.94. The van der Waals surface area contributed by atoms with E-state index < -0.39 is 72.8 Å². The molecule has 8 amide bonds. The fourth-order valence-electron chi connectivity index (χ4n) is 17.8. The number of aryl methyl sites for hydroxylation is 4. The zero-order valence-electron chi connectivity index (χ0n) is 88.7. The second-order valence-electron chi connectivity index (χ2n) is 46.8. The molecule has 0 aliphatic carbocycles. The van der Waals surface area contributed by atoms with Crippen LogP contribution in [0.4, 0.5) is 0 Å². The number of carbonyl (C=O) groups is 8. The first kappa shape index (κ1) is 114. The van der Waals surface area contributed by atoms with Crippen LogP contribution >= 0.6 is 45.3 Å². The highest BCUT2D eigenvalue weighted by molar-refractivity contribution is 7.14. The topological polar surface area (TPSA) is 378 Å². The van der Waals surface area contributed by atoms with Crippen molar-refractivity contribution >= 4 is 92.6 Å². The molecule has 32 heteroatoms. The monoisotopic (exact) mass is 2000 g/mol. The van der Waals surface area contributed by atoms with Crippen LogP contribution in [0.2, 0.25) is 0 Å². The number of aromatic nitrogens is 4. The van der Waals surface area contributed by atoms with Gasteiger partial charge in [0.05, 0.1) is 137 Å². The van der Waals surface area contributed by atoms with Gasteiger partial charge in [0.2, 0.25) is 47.3 Å². The summed E-state index contributed by atoms with van der Waals surface area (Å²) in [5, 5.41) is 67.5. The number of β-amino-alcohol motifs (C(OH)–C–C–N with tert-alkyl or cyclic N) is 4. The Bertz CT molecular complexity index is 4810. The Morgan fingerprint density at radius 1 is 0.286 bits per heavy atom. The summed E-state index contributed by atoms with van der Waals surface area (Å²) < 4.78 is 0. The number of benzene rings is 4. The maximum Gasteiger partial charge on any atom is 0.243 e. The van der Waals surface area contributed by atoms with Crippen molar-refractivity contribution in [2.24, 2.45) is 21.7 Å². The number of hydrogen-bond donors (Lipinski definition) is 12. The van der Waals surface area contributed by atoms with E-state index in [0.29, 0.717) is 0 Å². The van der Waals surface area contributed by atoms with Gasteiger partial charge in [-0.3, -0.25) is 38.4 Å². The van der Waals surface area contributed by atoms with Gasteiger partial charge in [0.15, 0.2) is 0 Å². The first-order valence-corrected chi connectivity index (χ1v) is 52.5. The average Bonchev–Trinajstić information content (AvgIpc) is 1.63. The zero-order valence-corrected chi connectivity index (χ0v) is 92.0. The lowest BCUT2D eigenvalue weighted by atomic mass is 9.84. The Kier molecular flexibility index (Phi) is 38.2. The summed E-state index contributed by atoms with van der Waals surface area (Å²) in [5.74, 6) is -1.58. The van der Waals surface area contributed by atoms with Crippen molar-refractivity contribution in [3.05, 3.63) is 164 Å². The summed E-state index contributed by atoms with van der Waals surface area (Å²) >= 11 is 6.43. The Labute approximate surface area is 847 Å². The van der Waals surface area contributed by atoms with E-state index in [1.165, 1.54) is 0 Å². The standard InChI is InChI=1S/4C27H40N4O3S/c4*1-16(18-9-11-19(12-10-18)22-17(2)28-15-35-22)29-24(33)21-13-20(32)14-31(21)25(34)23(26(3,4)5)30-27(6,7)8/h4*9-12,15-16,20-21,23,30,32H,13-14H2,1-8H3,(H,29,33)/t16-,20+,21-,23+;2*16-,20-,21-,23+;16-,20-,21-,23-/m1111/s1. The molecule has 0 radical (unpaired) electrons. The lowest BCUT2D eigenvalue weighted by Gasteiger charge is -2.39. The second kappa shape index (κ2) is 46.7. The molecule has 8 aromatic rings. The van der Waals surface area contributed by atoms with E-state index in [0.717, 1.165) is 86.8 Å². The number of aliphatic hydroxyl groups is 4. The third kappa shape index (κ3) is 31.4. The highest BCUT2D eigenvalue weighted by Gasteiger charge is 2.51. The number of carbonyl (C=O) groups excluding carboxylic acids is 8. The minimum absolute atomic E-state index is 0.152. The minimum Gasteiger partial charge on any atom is -0.391 e. The van der Waals surface area contributed by atoms with Crippen LogP contribution in [0.3, 0.4) is 0 Å². The van der Waals surface area contributed by atoms with Crippen LogP contribution in [0.25, 0.3) is 41.8 Å². The predicted octanol–water partition coefficient (Wildman–Crippen LogP) is 16.2. The number of rotatable bonds is 24. The van der Waals surface area contributed by atoms with Gasteiger partial charge in [0.1, 0.15) is 24.2 Å². The molecule has 16 atom stereocenters. The molecule has 768 valence electrons. The maximum atomic E-state index is 13.6. The van der Waals surface area contributed by atoms with Gasteiger partial charge in [-0.05, 0) is 205 Å². The Balaban J connectivity index is 0.000000209. The molecule has 4 aromatic heterocycles. The number of amides is 8. The van der Waals surface area contributed by atoms with Crippen LogP contribution < -0.4 is 42.5 Å². The van der Waals surface area contributed by atoms with Gasteiger partial charge in [-0.25, -0.2) is 19.9 Å². The van der Waals surface area contributed by atoms with E-state index in [1.54, 1.807) is 64.9 Å². The van der Waals surface area contributed by atoms with E-state index in [4.69, 9.17) is 0 Å². The number of hydrogen-bond acceptors (Lipinski definition) is 24. The van der Waals surface area contributed by atoms with Crippen LogP contribution in [-0.2, 0) is 38.4 Å². The Hall–Kier alpha value is -9.16. The highest BCUT2D eigenvalue weighted by atomic mass is 32.1. The van der Waals surface area contributed by atoms with Gasteiger partial charge >= 0.3 is 0 Å². The van der Waals surface area contributed by atoms with E-state index in [1.807, 2.05) is 341 Å². The summed E-state index contributed by atoms with van der Waals surface area (Å²) in [5.41, 5.74) is 17.1. The van der Waals surface area contributed by atoms with Crippen LogP contribution in [0.1, 0.15) is 289 Å². The molecule has 4 aliphatic rings. The lowest BCUT2D eigenvalue weighted by Crippen LogP contribution is -2.60. The van der Waals surface area contributed by atoms with Crippen LogP contribution in [0.5, 0.6) is 0 Å². The average molecular weight is 2000 g/mol. The van der Waals surface area contributed by atoms with Gasteiger partial charge < -0.3 is 82.6 Å². The molecule has 0 unspecified atom stereocenters. The smallest absolute Gasteiger partial charge is 0.243 e. The highest BCUT2D eigenvalue weighted by Crippen LogP contribution is 2.38. The fourth-order valence-corrected chi connectivity index (χ4v) is 21.0. The molecule has 140 heavy (non-hydrogen) atoms. The molecule has 4 aliphatic heterocycles. The predicted molar refractivity (Wildman–Crippen MR) is 564 cm³/mol. The largest absolute Gasteiger partial charge is 0.391 e. The molecule has 4 saturated heterocycles. The maximum absolute atomic E-state index is 13.6. The molecule has 0 bridgehead atoms. The van der Waals surface area contributed by atoms with Crippen molar-refractivity contribution in [2.75, 3.05) is 26.2 Å². The van der Waals surface area contributed by atoms with Gasteiger partial charge in [-0.1, -0.05) is 180 Å². The quantitative estimate of drug-likeness (QED) is 0.0267. The first-order chi connectivity index (χ1) is 64.7. The van der Waals surface area contributed by atoms with E-state index in [9.17, 15) is 58.8 Å². The number of thiazole rings is 4. The van der Waals surface area contributed by atoms with Crippen molar-refractivity contribution in [2.45, 2.75) is 366 Å². The number of likely N-dealkylation sites (tertiary alicyclic amines) is 4. The number of nitrogens with one attached hydrogen (secondary N) is 8. The Morgan fingerprint density at radius 2 is 0.443 bits per heavy atom. The zero-order chi connectivity index (χ0) is 105. The van der Waals surface area contributed by atoms with Gasteiger partial charge in [-0.15, -0.1) is 45.3 Å². The number of aliphatic hydroxyl groups excluding tert-OH is 4. The van der Waals surface area contributed by atoms with Gasteiger partial charge in [0.25, 0.3) is 0 Å². The normalized spacial score (nSPS) is 20.5. The van der Waals surface area contributed by atoms with Gasteiger partial charge in [-0.2, -0.15) is 0 Å². The summed E-state index contributed by atoms with van der Waals surface area (Å²) in [4.78, 5) is 136. The third-order valence-corrected chi connectivity index (χ3v) is 29.2. The molecule has 12 N–H and O–H groups in total. The first-order valence-electron chi connectivity index (χ1n) is 49.0. The fraction of sp³-hybridized carbons (Fsp3) is 0.593. The third-order valence-electron chi connectivity index (χ3n) is 25.3. The van der Waals surface area contributed by atoms with Crippen molar-refractivity contribution in [1.82, 2.24) is 82.1 Å². The van der Waals surface area contributed by atoms with Gasteiger partial charge in [0, 0.05) is 74.0 Å². The molecule has 28 nitrogen and oxygen atoms in total. The minimum atomic E-state index is -0.720. The number of nitrogens with zero attached hydrogens (tertiary/aromatic N) is 8. The van der Waals surface area contributed by atoms with Crippen LogP contribution in [-0.4, -0.2) is 228 Å². The van der Waals surface area contributed by atoms with Crippen molar-refractivity contribution in [3.63, 3.8) is 0 Å². The molecular weight excluding hydrogens is 1840 g/mol. The second-order valence-corrected chi connectivity index (χ2v) is 50.3. The summed E-state index contributed by atoms with van der Waals surface area (Å²) in [6, 6.07) is 26.7. The van der Waals surface area contributed by atoms with E-state index in [-0.39, 0.29) is 167 Å². The lowest BCUT2D eigenvalue weighted by molar-refractivity contribution is -0.143. The SMILES string of the molecule is Cc1ncsc1-c1ccc([C@@H](C)NC(=O)[C@H]2C[C@@H](O)CN2C(=O)[C@@H](NC(C)(C)C)C(C)(C)C)cc1.Cc1ncsc1-c1ccc([C@@H](C)NC(=O)[C@H]2C[C@@H](O)CN2C(=O)[C@H](NC(C)(C)C)C(C)(C)C)cc1.Cc1ncsc1-c1ccc([C@@H](C)NC(=O)[C@H]2C[C@@H](O)CN2C(=O)[C@H](NC(C)(C)C)C(C)(C)C)cc1.Cc1ncsc1-c1ccc([C@@H](C)NC(=O)[C@H]2C[C@H](O)CN2C(=O)[C@H](NC(C)(C)C)C(C)(C)C)cc1. The van der Waals surface area contributed by atoms with E-state index >= 15 is 0 Å². The summed E-state index contributed by atoms with van der Waals surface area (Å²) in [6.45, 7) is 64.7. The molecule has 8 heterocycles. The van der Waals surface area contributed by atoms with Crippen molar-refractivity contribution in [3.8, 4) is 41.8 Å². The Morgan fingerprint density at radius 3 is 0.571 bits per heavy atom. The van der Waals surface area contributed by atoms with Crippen LogP contribution in [0.15, 0.2) is 119 Å². The molecular formula is C108H160N16O12S4. The van der Waals surface area contributed by atoms with Crippen LogP contribution in [0, 0.1) is 49.4 Å². The molecule has 4 aromatic carbocycles. The molecule has 0 spiro atoms. The molecule has 12 rings (SSSR count).